The molecule has 2 saturated heterocycles. The average Bonchev–Trinajstić information content (AvgIpc) is 2.38. The number of carbonyl (C=O) groups excluding carboxylic acids is 1. The number of piperidine rings is 1. The maximum Gasteiger partial charge on any atom is 0.124 e. The molecule has 0 aromatic rings. The maximum atomic E-state index is 10.8. The largest absolute Gasteiger partial charge is 0.304 e. The molecule has 2 aliphatic heterocycles. The molecule has 17 heavy (non-hydrogen) atoms. The number of piperazine rings is 1. The van der Waals surface area contributed by atoms with Gasteiger partial charge in [0.05, 0.1) is 0 Å². The fourth-order valence-electron chi connectivity index (χ4n) is 2.76. The van der Waals surface area contributed by atoms with Crippen LogP contribution < -0.4 is 0 Å². The summed E-state index contributed by atoms with van der Waals surface area (Å²) >= 11 is 0. The summed E-state index contributed by atoms with van der Waals surface area (Å²) in [5, 5.41) is 0. The summed E-state index contributed by atoms with van der Waals surface area (Å²) in [5.41, 5.74) is 0. The van der Waals surface area contributed by atoms with Crippen LogP contribution in [0.4, 0.5) is 0 Å². The van der Waals surface area contributed by atoms with Crippen molar-refractivity contribution in [1.82, 2.24) is 14.7 Å². The van der Waals surface area contributed by atoms with E-state index in [1.807, 2.05) is 0 Å². The lowest BCUT2D eigenvalue weighted by Gasteiger charge is -2.35. The van der Waals surface area contributed by atoms with Crippen molar-refractivity contribution in [3.63, 3.8) is 0 Å². The van der Waals surface area contributed by atoms with Crippen LogP contribution >= 0.6 is 0 Å². The fourth-order valence-corrected chi connectivity index (χ4v) is 2.76. The van der Waals surface area contributed by atoms with Gasteiger partial charge in [-0.3, -0.25) is 4.90 Å². The quantitative estimate of drug-likeness (QED) is 0.652. The lowest BCUT2D eigenvalue weighted by Crippen LogP contribution is -2.48. The third kappa shape index (κ3) is 4.05. The number of carbonyl (C=O) groups is 1. The number of hydrogen-bond acceptors (Lipinski definition) is 4. The summed E-state index contributed by atoms with van der Waals surface area (Å²) in [6.45, 7) is 9.24. The summed E-state index contributed by atoms with van der Waals surface area (Å²) in [5.74, 6) is 0.288. The molecule has 2 aliphatic rings. The van der Waals surface area contributed by atoms with E-state index in [2.05, 4.69) is 21.7 Å². The molecule has 0 N–H and O–H groups in total. The van der Waals surface area contributed by atoms with Gasteiger partial charge in [0.1, 0.15) is 6.29 Å². The Labute approximate surface area is 105 Å². The molecule has 2 heterocycles. The molecular weight excluding hydrogens is 214 g/mol. The van der Waals surface area contributed by atoms with Crippen molar-refractivity contribution in [2.24, 2.45) is 5.92 Å². The maximum absolute atomic E-state index is 10.8. The van der Waals surface area contributed by atoms with E-state index in [0.717, 1.165) is 25.8 Å². The van der Waals surface area contributed by atoms with Crippen LogP contribution in [-0.4, -0.2) is 80.4 Å². The zero-order valence-corrected chi connectivity index (χ0v) is 11.0. The molecule has 0 bridgehead atoms. The molecule has 4 nitrogen and oxygen atoms in total. The normalized spacial score (nSPS) is 29.4. The summed E-state index contributed by atoms with van der Waals surface area (Å²) in [7, 11) is 2.19. The van der Waals surface area contributed by atoms with Crippen molar-refractivity contribution < 1.29 is 4.79 Å². The Balaban J connectivity index is 1.65. The van der Waals surface area contributed by atoms with E-state index >= 15 is 0 Å². The van der Waals surface area contributed by atoms with E-state index in [9.17, 15) is 4.79 Å². The highest BCUT2D eigenvalue weighted by Crippen LogP contribution is 2.14. The summed E-state index contributed by atoms with van der Waals surface area (Å²) in [6, 6.07) is 0. The van der Waals surface area contributed by atoms with Gasteiger partial charge in [-0.05, 0) is 26.4 Å². The Morgan fingerprint density at radius 3 is 2.47 bits per heavy atom. The zero-order chi connectivity index (χ0) is 12.1. The molecule has 0 amide bonds. The van der Waals surface area contributed by atoms with Gasteiger partial charge >= 0.3 is 0 Å². The van der Waals surface area contributed by atoms with Gasteiger partial charge in [-0.2, -0.15) is 0 Å². The first-order valence-electron chi connectivity index (χ1n) is 6.86. The highest BCUT2D eigenvalue weighted by atomic mass is 16.1. The van der Waals surface area contributed by atoms with Gasteiger partial charge in [-0.1, -0.05) is 0 Å². The number of aldehydes is 1. The smallest absolute Gasteiger partial charge is 0.124 e. The molecule has 4 heteroatoms. The first kappa shape index (κ1) is 13.0. The Bertz CT molecular complexity index is 239. The molecule has 0 aromatic heterocycles. The number of hydrogen-bond donors (Lipinski definition) is 0. The Morgan fingerprint density at radius 1 is 1.06 bits per heavy atom. The standard InChI is InChI=1S/C13H25N3O/c1-14-5-7-15(8-6-14)9-10-16-4-2-3-13(11-16)12-17/h12-13H,2-11H2,1H3. The van der Waals surface area contributed by atoms with Crippen LogP contribution in [0.3, 0.4) is 0 Å². The van der Waals surface area contributed by atoms with Crippen molar-refractivity contribution in [3.8, 4) is 0 Å². The van der Waals surface area contributed by atoms with Gasteiger partial charge in [0.25, 0.3) is 0 Å². The van der Waals surface area contributed by atoms with Crippen molar-refractivity contribution >= 4 is 6.29 Å². The molecule has 98 valence electrons. The minimum atomic E-state index is 0.288. The van der Waals surface area contributed by atoms with E-state index in [1.165, 1.54) is 45.7 Å². The molecule has 0 saturated carbocycles. The zero-order valence-electron chi connectivity index (χ0n) is 11.0. The first-order chi connectivity index (χ1) is 8.28. The molecule has 0 aromatic carbocycles. The van der Waals surface area contributed by atoms with Crippen LogP contribution in [0, 0.1) is 5.92 Å². The molecule has 0 aliphatic carbocycles. The third-order valence-electron chi connectivity index (χ3n) is 4.06. The third-order valence-corrected chi connectivity index (χ3v) is 4.06. The lowest BCUT2D eigenvalue weighted by molar-refractivity contribution is -0.112. The van der Waals surface area contributed by atoms with Crippen molar-refractivity contribution in [1.29, 1.82) is 0 Å². The minimum Gasteiger partial charge on any atom is -0.304 e. The van der Waals surface area contributed by atoms with Crippen LogP contribution in [0.1, 0.15) is 12.8 Å². The highest BCUT2D eigenvalue weighted by molar-refractivity contribution is 5.53. The van der Waals surface area contributed by atoms with Gasteiger partial charge in [0.2, 0.25) is 0 Å². The summed E-state index contributed by atoms with van der Waals surface area (Å²) in [6.07, 6.45) is 3.42. The van der Waals surface area contributed by atoms with Gasteiger partial charge in [-0.25, -0.2) is 0 Å². The monoisotopic (exact) mass is 239 g/mol. The number of rotatable bonds is 4. The average molecular weight is 239 g/mol. The Morgan fingerprint density at radius 2 is 1.76 bits per heavy atom. The Kier molecular flexibility index (Phi) is 4.95. The predicted molar refractivity (Wildman–Crippen MR) is 69.2 cm³/mol. The van der Waals surface area contributed by atoms with Crippen LogP contribution in [0.25, 0.3) is 0 Å². The molecule has 2 fully saturated rings. The van der Waals surface area contributed by atoms with E-state index in [4.69, 9.17) is 0 Å². The van der Waals surface area contributed by atoms with E-state index in [-0.39, 0.29) is 5.92 Å². The van der Waals surface area contributed by atoms with E-state index < -0.39 is 0 Å². The Hall–Kier alpha value is -0.450. The van der Waals surface area contributed by atoms with Crippen LogP contribution in [-0.2, 0) is 4.79 Å². The van der Waals surface area contributed by atoms with Crippen LogP contribution in [0.5, 0.6) is 0 Å². The molecular formula is C13H25N3O. The minimum absolute atomic E-state index is 0.288. The van der Waals surface area contributed by atoms with Crippen LogP contribution in [0.15, 0.2) is 0 Å². The second kappa shape index (κ2) is 6.47. The number of likely N-dealkylation sites (tertiary alicyclic amines) is 1. The topological polar surface area (TPSA) is 26.8 Å². The predicted octanol–water partition coefficient (Wildman–Crippen LogP) is 0.145. The van der Waals surface area contributed by atoms with Gasteiger partial charge < -0.3 is 14.6 Å². The fraction of sp³-hybridized carbons (Fsp3) is 0.923. The van der Waals surface area contributed by atoms with Crippen molar-refractivity contribution in [2.75, 3.05) is 59.4 Å². The molecule has 1 atom stereocenters. The molecule has 0 spiro atoms. The van der Waals surface area contributed by atoms with Gasteiger partial charge in [0.15, 0.2) is 0 Å². The second-order valence-corrected chi connectivity index (χ2v) is 5.48. The SMILES string of the molecule is CN1CCN(CCN2CCCC(C=O)C2)CC1. The first-order valence-corrected chi connectivity index (χ1v) is 6.86. The van der Waals surface area contributed by atoms with Crippen molar-refractivity contribution in [3.05, 3.63) is 0 Å². The molecule has 1 unspecified atom stereocenters. The lowest BCUT2D eigenvalue weighted by atomic mass is 10.00. The molecule has 0 radical (unpaired) electrons. The molecule has 2 rings (SSSR count). The van der Waals surface area contributed by atoms with E-state index in [0.29, 0.717) is 0 Å². The highest BCUT2D eigenvalue weighted by Gasteiger charge is 2.20. The second-order valence-electron chi connectivity index (χ2n) is 5.48. The van der Waals surface area contributed by atoms with Crippen LogP contribution in [0.2, 0.25) is 0 Å². The van der Waals surface area contributed by atoms with E-state index in [1.54, 1.807) is 0 Å². The number of likely N-dealkylation sites (N-methyl/N-ethyl adjacent to an activating group) is 1. The summed E-state index contributed by atoms with van der Waals surface area (Å²) < 4.78 is 0. The van der Waals surface area contributed by atoms with Gasteiger partial charge in [-0.15, -0.1) is 0 Å². The van der Waals surface area contributed by atoms with Gasteiger partial charge in [0, 0.05) is 51.7 Å². The summed E-state index contributed by atoms with van der Waals surface area (Å²) in [4.78, 5) is 18.2. The van der Waals surface area contributed by atoms with Crippen molar-refractivity contribution in [2.45, 2.75) is 12.8 Å². The number of nitrogens with zero attached hydrogens (tertiary/aromatic N) is 3.